The minimum absolute atomic E-state index is 0.433. The molecule has 0 radical (unpaired) electrons. The zero-order valence-corrected chi connectivity index (χ0v) is 13.8. The van der Waals surface area contributed by atoms with E-state index in [-0.39, 0.29) is 0 Å². The minimum atomic E-state index is 0.433. The van der Waals surface area contributed by atoms with Gasteiger partial charge in [-0.15, -0.1) is 0 Å². The van der Waals surface area contributed by atoms with Crippen LogP contribution in [0.1, 0.15) is 38.1 Å². The quantitative estimate of drug-likeness (QED) is 0.861. The van der Waals surface area contributed by atoms with E-state index in [0.29, 0.717) is 22.3 Å². The summed E-state index contributed by atoms with van der Waals surface area (Å²) in [5.41, 5.74) is 0.982. The van der Waals surface area contributed by atoms with E-state index in [2.05, 4.69) is 14.8 Å². The number of hydrogen-bond donors (Lipinski definition) is 1. The minimum Gasteiger partial charge on any atom is -0.493 e. The van der Waals surface area contributed by atoms with Crippen molar-refractivity contribution >= 4 is 12.2 Å². The van der Waals surface area contributed by atoms with Crippen LogP contribution in [0.4, 0.5) is 0 Å². The number of aromatic amines is 1. The van der Waals surface area contributed by atoms with Crippen LogP contribution in [-0.4, -0.2) is 29.0 Å². The molecule has 1 aliphatic rings. The first-order valence-electron chi connectivity index (χ1n) is 7.64. The van der Waals surface area contributed by atoms with Gasteiger partial charge in [0.05, 0.1) is 14.2 Å². The summed E-state index contributed by atoms with van der Waals surface area (Å²) < 4.78 is 13.5. The number of aromatic nitrogens is 3. The van der Waals surface area contributed by atoms with E-state index in [1.54, 1.807) is 14.2 Å². The number of nitrogens with zero attached hydrogens (tertiary/aromatic N) is 2. The largest absolute Gasteiger partial charge is 0.493 e. The summed E-state index contributed by atoms with van der Waals surface area (Å²) in [6.07, 6.45) is 6.14. The maximum Gasteiger partial charge on any atom is 0.195 e. The summed E-state index contributed by atoms with van der Waals surface area (Å²) in [5, 5.41) is 7.38. The molecule has 0 spiro atoms. The van der Waals surface area contributed by atoms with E-state index in [1.807, 2.05) is 18.2 Å². The van der Waals surface area contributed by atoms with Gasteiger partial charge in [0.2, 0.25) is 0 Å². The Balaban J connectivity index is 2.03. The third-order valence-corrected chi connectivity index (χ3v) is 4.57. The van der Waals surface area contributed by atoms with Crippen molar-refractivity contribution in [3.63, 3.8) is 0 Å². The van der Waals surface area contributed by atoms with Crippen LogP contribution >= 0.6 is 12.2 Å². The molecular formula is C16H21N3O2S. The van der Waals surface area contributed by atoms with Gasteiger partial charge in [0.25, 0.3) is 0 Å². The lowest BCUT2D eigenvalue weighted by atomic mass is 9.95. The van der Waals surface area contributed by atoms with E-state index in [4.69, 9.17) is 21.7 Å². The summed E-state index contributed by atoms with van der Waals surface area (Å²) in [4.78, 5) is 0. The number of nitrogens with one attached hydrogen (secondary N) is 1. The number of H-pyrrole nitrogens is 1. The number of benzene rings is 1. The van der Waals surface area contributed by atoms with Crippen LogP contribution in [0, 0.1) is 4.77 Å². The maximum absolute atomic E-state index is 5.45. The third kappa shape index (κ3) is 2.75. The van der Waals surface area contributed by atoms with Crippen LogP contribution in [-0.2, 0) is 0 Å². The average molecular weight is 319 g/mol. The maximum atomic E-state index is 5.45. The number of rotatable bonds is 4. The average Bonchev–Trinajstić information content (AvgIpc) is 2.96. The second-order valence-corrected chi connectivity index (χ2v) is 5.97. The molecule has 1 heterocycles. The molecule has 0 atom stereocenters. The van der Waals surface area contributed by atoms with E-state index in [0.717, 1.165) is 24.2 Å². The van der Waals surface area contributed by atoms with Crippen molar-refractivity contribution in [2.45, 2.75) is 38.1 Å². The fraction of sp³-hybridized carbons (Fsp3) is 0.500. The molecule has 3 rings (SSSR count). The molecule has 1 aromatic carbocycles. The van der Waals surface area contributed by atoms with Crippen LogP contribution in [0.2, 0.25) is 0 Å². The second kappa shape index (κ2) is 6.52. The van der Waals surface area contributed by atoms with Crippen molar-refractivity contribution in [2.75, 3.05) is 14.2 Å². The molecule has 0 bridgehead atoms. The molecular weight excluding hydrogens is 298 g/mol. The molecule has 118 valence electrons. The summed E-state index contributed by atoms with van der Waals surface area (Å²) >= 11 is 5.45. The summed E-state index contributed by atoms with van der Waals surface area (Å²) in [6, 6.07) is 6.27. The number of hydrogen-bond acceptors (Lipinski definition) is 4. The van der Waals surface area contributed by atoms with E-state index >= 15 is 0 Å². The molecule has 0 aliphatic heterocycles. The highest BCUT2D eigenvalue weighted by molar-refractivity contribution is 7.71. The molecule has 1 aromatic heterocycles. The standard InChI is InChI=1S/C16H21N3O2S/c1-20-13-9-8-11(10-14(13)21-2)15-17-18-16(22)19(15)12-6-4-3-5-7-12/h8-10,12H,3-7H2,1-2H3,(H,18,22). The highest BCUT2D eigenvalue weighted by Gasteiger charge is 2.21. The van der Waals surface area contributed by atoms with Gasteiger partial charge in [0, 0.05) is 11.6 Å². The van der Waals surface area contributed by atoms with Crippen molar-refractivity contribution in [1.82, 2.24) is 14.8 Å². The Labute approximate surface area is 135 Å². The predicted octanol–water partition coefficient (Wildman–Crippen LogP) is 4.13. The van der Waals surface area contributed by atoms with Gasteiger partial charge in [-0.05, 0) is 43.3 Å². The van der Waals surface area contributed by atoms with Crippen LogP contribution in [0.3, 0.4) is 0 Å². The first-order valence-corrected chi connectivity index (χ1v) is 8.04. The summed E-state index contributed by atoms with van der Waals surface area (Å²) in [6.45, 7) is 0. The van der Waals surface area contributed by atoms with Gasteiger partial charge in [-0.3, -0.25) is 9.67 Å². The SMILES string of the molecule is COc1ccc(-c2n[nH]c(=S)n2C2CCCCC2)cc1OC. The monoisotopic (exact) mass is 319 g/mol. The van der Waals surface area contributed by atoms with E-state index in [1.165, 1.54) is 19.3 Å². The van der Waals surface area contributed by atoms with Crippen molar-refractivity contribution < 1.29 is 9.47 Å². The molecule has 0 unspecified atom stereocenters. The highest BCUT2D eigenvalue weighted by atomic mass is 32.1. The van der Waals surface area contributed by atoms with Crippen LogP contribution in [0.15, 0.2) is 18.2 Å². The van der Waals surface area contributed by atoms with Crippen molar-refractivity contribution in [1.29, 1.82) is 0 Å². The van der Waals surface area contributed by atoms with Gasteiger partial charge < -0.3 is 9.47 Å². The lowest BCUT2D eigenvalue weighted by Crippen LogP contribution is -2.14. The summed E-state index contributed by atoms with van der Waals surface area (Å²) in [5.74, 6) is 2.28. The van der Waals surface area contributed by atoms with Crippen molar-refractivity contribution in [3.05, 3.63) is 23.0 Å². The molecule has 1 saturated carbocycles. The first kappa shape index (κ1) is 15.1. The Hall–Kier alpha value is -1.82. The van der Waals surface area contributed by atoms with Crippen LogP contribution in [0.5, 0.6) is 11.5 Å². The van der Waals surface area contributed by atoms with Gasteiger partial charge in [-0.25, -0.2) is 0 Å². The Kier molecular flexibility index (Phi) is 4.47. The molecule has 6 heteroatoms. The third-order valence-electron chi connectivity index (χ3n) is 4.29. The fourth-order valence-corrected chi connectivity index (χ4v) is 3.44. The number of methoxy groups -OCH3 is 2. The first-order chi connectivity index (χ1) is 10.7. The Morgan fingerprint density at radius 1 is 1.14 bits per heavy atom. The summed E-state index contributed by atoms with van der Waals surface area (Å²) in [7, 11) is 3.27. The topological polar surface area (TPSA) is 52.1 Å². The lowest BCUT2D eigenvalue weighted by Gasteiger charge is -2.24. The molecule has 1 fully saturated rings. The smallest absolute Gasteiger partial charge is 0.195 e. The second-order valence-electron chi connectivity index (χ2n) is 5.58. The number of ether oxygens (including phenoxy) is 2. The molecule has 2 aromatic rings. The molecule has 0 saturated heterocycles. The van der Waals surface area contributed by atoms with Gasteiger partial charge in [0.1, 0.15) is 0 Å². The normalized spacial score (nSPS) is 15.7. The van der Waals surface area contributed by atoms with Gasteiger partial charge >= 0.3 is 0 Å². The van der Waals surface area contributed by atoms with Gasteiger partial charge in [-0.2, -0.15) is 5.10 Å². The van der Waals surface area contributed by atoms with Crippen LogP contribution < -0.4 is 9.47 Å². The van der Waals surface area contributed by atoms with E-state index in [9.17, 15) is 0 Å². The highest BCUT2D eigenvalue weighted by Crippen LogP contribution is 2.35. The van der Waals surface area contributed by atoms with Gasteiger partial charge in [-0.1, -0.05) is 19.3 Å². The van der Waals surface area contributed by atoms with Gasteiger partial charge in [0.15, 0.2) is 22.1 Å². The Bertz CT molecular complexity index is 702. The molecule has 1 N–H and O–H groups in total. The Morgan fingerprint density at radius 2 is 1.86 bits per heavy atom. The van der Waals surface area contributed by atoms with Crippen molar-refractivity contribution in [3.8, 4) is 22.9 Å². The van der Waals surface area contributed by atoms with Crippen molar-refractivity contribution in [2.24, 2.45) is 0 Å². The molecule has 22 heavy (non-hydrogen) atoms. The predicted molar refractivity (Wildman–Crippen MR) is 88.1 cm³/mol. The molecule has 0 amide bonds. The fourth-order valence-electron chi connectivity index (χ4n) is 3.16. The molecule has 1 aliphatic carbocycles. The van der Waals surface area contributed by atoms with E-state index < -0.39 is 0 Å². The Morgan fingerprint density at radius 3 is 2.55 bits per heavy atom. The lowest BCUT2D eigenvalue weighted by molar-refractivity contribution is 0.351. The van der Waals surface area contributed by atoms with Crippen LogP contribution in [0.25, 0.3) is 11.4 Å². The zero-order chi connectivity index (χ0) is 15.5. The molecule has 5 nitrogen and oxygen atoms in total. The zero-order valence-electron chi connectivity index (χ0n) is 13.0.